The summed E-state index contributed by atoms with van der Waals surface area (Å²) < 4.78 is 1.08. The first-order chi connectivity index (χ1) is 7.66. The first kappa shape index (κ1) is 11.9. The maximum atomic E-state index is 9.90. The summed E-state index contributed by atoms with van der Waals surface area (Å²) in [6, 6.07) is 4.40. The van der Waals surface area contributed by atoms with Gasteiger partial charge in [-0.05, 0) is 56.0 Å². The van der Waals surface area contributed by atoms with E-state index in [9.17, 15) is 5.11 Å². The standard InChI is InChI=1S/C13H18BrNO/c1-9-6-13(16)10(8-12(9)14)7-11-4-2-3-5-15-11/h6,8,11,15-16H,2-5,7H2,1H3. The van der Waals surface area contributed by atoms with E-state index in [1.165, 1.54) is 19.3 Å². The maximum absolute atomic E-state index is 9.90. The van der Waals surface area contributed by atoms with Crippen molar-refractivity contribution in [1.29, 1.82) is 0 Å². The number of halogens is 1. The van der Waals surface area contributed by atoms with Crippen LogP contribution in [0, 0.1) is 6.92 Å². The Balaban J connectivity index is 2.11. The SMILES string of the molecule is Cc1cc(O)c(CC2CCCCN2)cc1Br. The summed E-state index contributed by atoms with van der Waals surface area (Å²) in [5.74, 6) is 0.424. The van der Waals surface area contributed by atoms with Gasteiger partial charge in [-0.15, -0.1) is 0 Å². The third-order valence-corrected chi connectivity index (χ3v) is 4.09. The molecule has 3 heteroatoms. The smallest absolute Gasteiger partial charge is 0.119 e. The molecule has 0 bridgehead atoms. The van der Waals surface area contributed by atoms with Gasteiger partial charge in [0, 0.05) is 10.5 Å². The highest BCUT2D eigenvalue weighted by Gasteiger charge is 2.15. The van der Waals surface area contributed by atoms with Crippen LogP contribution in [0.25, 0.3) is 0 Å². The number of phenols is 1. The van der Waals surface area contributed by atoms with E-state index in [1.54, 1.807) is 0 Å². The zero-order chi connectivity index (χ0) is 11.5. The number of benzene rings is 1. The molecule has 0 aliphatic carbocycles. The molecule has 1 unspecified atom stereocenters. The lowest BCUT2D eigenvalue weighted by molar-refractivity contribution is 0.391. The predicted molar refractivity (Wildman–Crippen MR) is 69.9 cm³/mol. The number of aromatic hydroxyl groups is 1. The molecule has 2 rings (SSSR count). The molecule has 0 saturated carbocycles. The van der Waals surface area contributed by atoms with Gasteiger partial charge < -0.3 is 10.4 Å². The fraction of sp³-hybridized carbons (Fsp3) is 0.538. The third kappa shape index (κ3) is 2.77. The van der Waals surface area contributed by atoms with Gasteiger partial charge in [0.05, 0.1) is 0 Å². The van der Waals surface area contributed by atoms with Crippen LogP contribution in [0.2, 0.25) is 0 Å². The van der Waals surface area contributed by atoms with Crippen LogP contribution in [-0.2, 0) is 6.42 Å². The Morgan fingerprint density at radius 2 is 2.25 bits per heavy atom. The Morgan fingerprint density at radius 3 is 2.94 bits per heavy atom. The molecule has 1 aromatic carbocycles. The zero-order valence-corrected chi connectivity index (χ0v) is 11.2. The van der Waals surface area contributed by atoms with E-state index in [-0.39, 0.29) is 0 Å². The molecule has 2 N–H and O–H groups in total. The highest BCUT2D eigenvalue weighted by atomic mass is 79.9. The summed E-state index contributed by atoms with van der Waals surface area (Å²) >= 11 is 3.51. The number of rotatable bonds is 2. The molecule has 0 aromatic heterocycles. The van der Waals surface area contributed by atoms with E-state index >= 15 is 0 Å². The Morgan fingerprint density at radius 1 is 1.44 bits per heavy atom. The Hall–Kier alpha value is -0.540. The Bertz CT molecular complexity index is 372. The molecule has 0 radical (unpaired) electrons. The number of hydrogen-bond acceptors (Lipinski definition) is 2. The van der Waals surface area contributed by atoms with Crippen molar-refractivity contribution < 1.29 is 5.11 Å². The van der Waals surface area contributed by atoms with Gasteiger partial charge in [0.2, 0.25) is 0 Å². The lowest BCUT2D eigenvalue weighted by Crippen LogP contribution is -2.35. The van der Waals surface area contributed by atoms with Gasteiger partial charge in [0.1, 0.15) is 5.75 Å². The van der Waals surface area contributed by atoms with E-state index < -0.39 is 0 Å². The second kappa shape index (κ2) is 5.19. The summed E-state index contributed by atoms with van der Waals surface area (Å²) in [6.45, 7) is 3.10. The van der Waals surface area contributed by atoms with Crippen LogP contribution in [0.15, 0.2) is 16.6 Å². The lowest BCUT2D eigenvalue weighted by atomic mass is 9.97. The minimum atomic E-state index is 0.424. The van der Waals surface area contributed by atoms with Crippen LogP contribution >= 0.6 is 15.9 Å². The minimum absolute atomic E-state index is 0.424. The van der Waals surface area contributed by atoms with Crippen LogP contribution < -0.4 is 5.32 Å². The van der Waals surface area contributed by atoms with Gasteiger partial charge in [-0.2, -0.15) is 0 Å². The third-order valence-electron chi connectivity index (χ3n) is 3.24. The molecule has 0 spiro atoms. The van der Waals surface area contributed by atoms with Crippen molar-refractivity contribution in [3.63, 3.8) is 0 Å². The quantitative estimate of drug-likeness (QED) is 0.874. The second-order valence-electron chi connectivity index (χ2n) is 4.58. The molecule has 88 valence electrons. The molecule has 1 saturated heterocycles. The second-order valence-corrected chi connectivity index (χ2v) is 5.44. The number of phenolic OH excluding ortho intramolecular Hbond substituents is 1. The van der Waals surface area contributed by atoms with Crippen molar-refractivity contribution in [3.05, 3.63) is 27.7 Å². The van der Waals surface area contributed by atoms with Crippen LogP contribution in [0.3, 0.4) is 0 Å². The monoisotopic (exact) mass is 283 g/mol. The first-order valence-electron chi connectivity index (χ1n) is 5.88. The normalized spacial score (nSPS) is 21.0. The van der Waals surface area contributed by atoms with Gasteiger partial charge in [-0.1, -0.05) is 22.4 Å². The Kier molecular flexibility index (Phi) is 3.87. The van der Waals surface area contributed by atoms with E-state index in [2.05, 4.69) is 21.2 Å². The molecule has 1 fully saturated rings. The van der Waals surface area contributed by atoms with Crippen LogP contribution in [0.4, 0.5) is 0 Å². The summed E-state index contributed by atoms with van der Waals surface area (Å²) in [5.41, 5.74) is 2.12. The van der Waals surface area contributed by atoms with Crippen LogP contribution in [0.5, 0.6) is 5.75 Å². The molecule has 16 heavy (non-hydrogen) atoms. The molecule has 1 heterocycles. The highest BCUT2D eigenvalue weighted by molar-refractivity contribution is 9.10. The van der Waals surface area contributed by atoms with Gasteiger partial charge in [-0.25, -0.2) is 0 Å². The van der Waals surface area contributed by atoms with E-state index in [1.807, 2.05) is 19.1 Å². The number of hydrogen-bond donors (Lipinski definition) is 2. The fourth-order valence-electron chi connectivity index (χ4n) is 2.23. The summed E-state index contributed by atoms with van der Waals surface area (Å²) in [5, 5.41) is 13.4. The van der Waals surface area contributed by atoms with Crippen molar-refractivity contribution in [2.24, 2.45) is 0 Å². The number of aryl methyl sites for hydroxylation is 1. The summed E-state index contributed by atoms with van der Waals surface area (Å²) in [6.07, 6.45) is 4.71. The van der Waals surface area contributed by atoms with E-state index in [0.717, 1.165) is 28.6 Å². The van der Waals surface area contributed by atoms with Crippen molar-refractivity contribution in [3.8, 4) is 5.75 Å². The lowest BCUT2D eigenvalue weighted by Gasteiger charge is -2.24. The van der Waals surface area contributed by atoms with Crippen molar-refractivity contribution in [1.82, 2.24) is 5.32 Å². The zero-order valence-electron chi connectivity index (χ0n) is 9.59. The first-order valence-corrected chi connectivity index (χ1v) is 6.67. The minimum Gasteiger partial charge on any atom is -0.508 e. The van der Waals surface area contributed by atoms with Gasteiger partial charge in [0.25, 0.3) is 0 Å². The molecule has 1 aliphatic heterocycles. The van der Waals surface area contributed by atoms with Crippen LogP contribution in [-0.4, -0.2) is 17.7 Å². The average Bonchev–Trinajstić information content (AvgIpc) is 2.27. The van der Waals surface area contributed by atoms with Crippen LogP contribution in [0.1, 0.15) is 30.4 Å². The number of piperidine rings is 1. The number of nitrogens with one attached hydrogen (secondary N) is 1. The Labute approximate surface area is 105 Å². The summed E-state index contributed by atoms with van der Waals surface area (Å²) in [4.78, 5) is 0. The van der Waals surface area contributed by atoms with Crippen molar-refractivity contribution in [2.45, 2.75) is 38.6 Å². The van der Waals surface area contributed by atoms with Gasteiger partial charge >= 0.3 is 0 Å². The largest absolute Gasteiger partial charge is 0.508 e. The van der Waals surface area contributed by atoms with Gasteiger partial charge in [-0.3, -0.25) is 0 Å². The molecule has 1 atom stereocenters. The topological polar surface area (TPSA) is 32.3 Å². The summed E-state index contributed by atoms with van der Waals surface area (Å²) in [7, 11) is 0. The van der Waals surface area contributed by atoms with E-state index in [0.29, 0.717) is 11.8 Å². The predicted octanol–water partition coefficient (Wildman–Crippen LogP) is 3.15. The molecule has 2 nitrogen and oxygen atoms in total. The van der Waals surface area contributed by atoms with Crippen molar-refractivity contribution >= 4 is 15.9 Å². The average molecular weight is 284 g/mol. The van der Waals surface area contributed by atoms with Gasteiger partial charge in [0.15, 0.2) is 0 Å². The maximum Gasteiger partial charge on any atom is 0.119 e. The highest BCUT2D eigenvalue weighted by Crippen LogP contribution is 2.27. The molecular weight excluding hydrogens is 266 g/mol. The molecule has 1 aliphatic rings. The molecule has 1 aromatic rings. The molecule has 0 amide bonds. The molecular formula is C13H18BrNO. The van der Waals surface area contributed by atoms with E-state index in [4.69, 9.17) is 0 Å². The van der Waals surface area contributed by atoms with Crippen molar-refractivity contribution in [2.75, 3.05) is 6.54 Å². The fourth-order valence-corrected chi connectivity index (χ4v) is 2.63.